The summed E-state index contributed by atoms with van der Waals surface area (Å²) in [6.07, 6.45) is 6.61. The molecule has 1 atom stereocenters. The number of hydrogen-bond donors (Lipinski definition) is 1. The normalized spacial score (nSPS) is 16.3. The van der Waals surface area contributed by atoms with Crippen LogP contribution >= 0.6 is 0 Å². The Labute approximate surface area is 103 Å². The van der Waals surface area contributed by atoms with Crippen LogP contribution in [-0.4, -0.2) is 11.1 Å². The first kappa shape index (κ1) is 12.2. The summed E-state index contributed by atoms with van der Waals surface area (Å²) < 4.78 is 0. The van der Waals surface area contributed by atoms with Gasteiger partial charge in [-0.25, -0.2) is 0 Å². The topological polar surface area (TPSA) is 37.3 Å². The van der Waals surface area contributed by atoms with Gasteiger partial charge in [-0.1, -0.05) is 25.1 Å². The predicted molar refractivity (Wildman–Crippen MR) is 68.2 cm³/mol. The van der Waals surface area contributed by atoms with Crippen LogP contribution < -0.4 is 0 Å². The Morgan fingerprint density at radius 3 is 2.71 bits per heavy atom. The third kappa shape index (κ3) is 3.09. The van der Waals surface area contributed by atoms with Crippen molar-refractivity contribution in [2.45, 2.75) is 45.4 Å². The summed E-state index contributed by atoms with van der Waals surface area (Å²) in [4.78, 5) is 10.8. The third-order valence-corrected chi connectivity index (χ3v) is 3.70. The maximum Gasteiger partial charge on any atom is 0.306 e. The van der Waals surface area contributed by atoms with Crippen LogP contribution in [0.3, 0.4) is 0 Å². The van der Waals surface area contributed by atoms with Crippen LogP contribution in [0, 0.1) is 5.92 Å². The van der Waals surface area contributed by atoms with Crippen molar-refractivity contribution < 1.29 is 9.90 Å². The van der Waals surface area contributed by atoms with Crippen LogP contribution in [-0.2, 0) is 24.1 Å². The second-order valence-corrected chi connectivity index (χ2v) is 5.09. The first-order chi connectivity index (χ1) is 8.16. The van der Waals surface area contributed by atoms with Gasteiger partial charge in [0.25, 0.3) is 0 Å². The lowest BCUT2D eigenvalue weighted by molar-refractivity contribution is -0.141. The van der Waals surface area contributed by atoms with E-state index in [4.69, 9.17) is 5.11 Å². The van der Waals surface area contributed by atoms with Crippen LogP contribution in [0.1, 0.15) is 42.9 Å². The fourth-order valence-electron chi connectivity index (χ4n) is 2.45. The minimum Gasteiger partial charge on any atom is -0.481 e. The van der Waals surface area contributed by atoms with Gasteiger partial charge in [-0.2, -0.15) is 0 Å². The van der Waals surface area contributed by atoms with E-state index in [9.17, 15) is 4.79 Å². The van der Waals surface area contributed by atoms with E-state index < -0.39 is 5.97 Å². The lowest BCUT2D eigenvalue weighted by Gasteiger charge is -2.16. The summed E-state index contributed by atoms with van der Waals surface area (Å²) in [6, 6.07) is 6.68. The van der Waals surface area contributed by atoms with Crippen molar-refractivity contribution >= 4 is 5.97 Å². The summed E-state index contributed by atoms with van der Waals surface area (Å²) >= 11 is 0. The summed E-state index contributed by atoms with van der Waals surface area (Å²) in [5.41, 5.74) is 4.27. The molecule has 2 rings (SSSR count). The highest BCUT2D eigenvalue weighted by Gasteiger charge is 2.12. The van der Waals surface area contributed by atoms with Crippen LogP contribution in [0.2, 0.25) is 0 Å². The second kappa shape index (κ2) is 5.35. The molecule has 0 radical (unpaired) electrons. The molecule has 0 saturated heterocycles. The van der Waals surface area contributed by atoms with Gasteiger partial charge in [-0.05, 0) is 55.2 Å². The van der Waals surface area contributed by atoms with Gasteiger partial charge < -0.3 is 5.11 Å². The van der Waals surface area contributed by atoms with E-state index in [0.29, 0.717) is 0 Å². The summed E-state index contributed by atoms with van der Waals surface area (Å²) in [7, 11) is 0. The molecule has 0 saturated carbocycles. The van der Waals surface area contributed by atoms with Crippen molar-refractivity contribution in [3.63, 3.8) is 0 Å². The van der Waals surface area contributed by atoms with Crippen LogP contribution in [0.4, 0.5) is 0 Å². The zero-order chi connectivity index (χ0) is 12.3. The zero-order valence-electron chi connectivity index (χ0n) is 10.4. The number of hydrogen-bond acceptors (Lipinski definition) is 1. The van der Waals surface area contributed by atoms with E-state index in [2.05, 4.69) is 18.2 Å². The molecule has 0 spiro atoms. The average Bonchev–Trinajstić information content (AvgIpc) is 2.35. The van der Waals surface area contributed by atoms with Gasteiger partial charge in [0.05, 0.1) is 5.92 Å². The van der Waals surface area contributed by atoms with Crippen molar-refractivity contribution in [3.8, 4) is 0 Å². The Morgan fingerprint density at radius 1 is 1.29 bits per heavy atom. The van der Waals surface area contributed by atoms with Crippen molar-refractivity contribution in [1.82, 2.24) is 0 Å². The standard InChI is InChI=1S/C15H20O2/c1-11(15(16)17)6-7-12-8-9-13-4-2-3-5-14(13)10-12/h8-11H,2-7H2,1H3,(H,16,17). The van der Waals surface area contributed by atoms with Gasteiger partial charge >= 0.3 is 5.97 Å². The predicted octanol–water partition coefficient (Wildman–Crippen LogP) is 3.22. The number of fused-ring (bicyclic) bond motifs is 1. The highest BCUT2D eigenvalue weighted by atomic mass is 16.4. The molecule has 1 aliphatic rings. The zero-order valence-corrected chi connectivity index (χ0v) is 10.4. The molecule has 17 heavy (non-hydrogen) atoms. The average molecular weight is 232 g/mol. The van der Waals surface area contributed by atoms with E-state index in [1.54, 1.807) is 6.92 Å². The molecule has 1 aromatic carbocycles. The number of carboxylic acids is 1. The molecule has 0 aliphatic heterocycles. The molecule has 0 aromatic heterocycles. The lowest BCUT2D eigenvalue weighted by Crippen LogP contribution is -2.10. The number of carboxylic acid groups (broad SMARTS) is 1. The molecule has 2 nitrogen and oxygen atoms in total. The van der Waals surface area contributed by atoms with Crippen LogP contribution in [0.5, 0.6) is 0 Å². The SMILES string of the molecule is CC(CCc1ccc2c(c1)CCCC2)C(=O)O. The number of aryl methyl sites for hydroxylation is 3. The fourth-order valence-corrected chi connectivity index (χ4v) is 2.45. The maximum absolute atomic E-state index is 10.8. The van der Waals surface area contributed by atoms with Crippen molar-refractivity contribution in [3.05, 3.63) is 34.9 Å². The van der Waals surface area contributed by atoms with Crippen molar-refractivity contribution in [2.75, 3.05) is 0 Å². The molecule has 0 amide bonds. The third-order valence-electron chi connectivity index (χ3n) is 3.70. The Balaban J connectivity index is 2.00. The first-order valence-electron chi connectivity index (χ1n) is 6.50. The molecule has 0 bridgehead atoms. The molecule has 2 heteroatoms. The molecular weight excluding hydrogens is 212 g/mol. The summed E-state index contributed by atoms with van der Waals surface area (Å²) in [5, 5.41) is 8.85. The molecule has 0 fully saturated rings. The fraction of sp³-hybridized carbons (Fsp3) is 0.533. The van der Waals surface area contributed by atoms with E-state index in [1.165, 1.54) is 42.4 Å². The van der Waals surface area contributed by atoms with Gasteiger partial charge in [-0.15, -0.1) is 0 Å². The number of carbonyl (C=O) groups is 1. The van der Waals surface area contributed by atoms with Gasteiger partial charge in [0, 0.05) is 0 Å². The monoisotopic (exact) mass is 232 g/mol. The van der Waals surface area contributed by atoms with Gasteiger partial charge in [-0.3, -0.25) is 4.79 Å². The van der Waals surface area contributed by atoms with Gasteiger partial charge in [0.2, 0.25) is 0 Å². The van der Waals surface area contributed by atoms with E-state index in [-0.39, 0.29) is 5.92 Å². The van der Waals surface area contributed by atoms with Gasteiger partial charge in [0.15, 0.2) is 0 Å². The second-order valence-electron chi connectivity index (χ2n) is 5.09. The number of rotatable bonds is 4. The molecule has 1 aliphatic carbocycles. The first-order valence-corrected chi connectivity index (χ1v) is 6.50. The molecule has 1 N–H and O–H groups in total. The Bertz CT molecular complexity index is 409. The van der Waals surface area contributed by atoms with Crippen molar-refractivity contribution in [1.29, 1.82) is 0 Å². The van der Waals surface area contributed by atoms with E-state index >= 15 is 0 Å². The molecule has 1 unspecified atom stereocenters. The summed E-state index contributed by atoms with van der Waals surface area (Å²) in [6.45, 7) is 1.78. The number of aliphatic carboxylic acids is 1. The largest absolute Gasteiger partial charge is 0.481 e. The Kier molecular flexibility index (Phi) is 3.82. The van der Waals surface area contributed by atoms with Crippen molar-refractivity contribution in [2.24, 2.45) is 5.92 Å². The quantitative estimate of drug-likeness (QED) is 0.865. The van der Waals surface area contributed by atoms with E-state index in [1.807, 2.05) is 0 Å². The molecular formula is C15H20O2. The van der Waals surface area contributed by atoms with Crippen LogP contribution in [0.15, 0.2) is 18.2 Å². The van der Waals surface area contributed by atoms with Gasteiger partial charge in [0.1, 0.15) is 0 Å². The molecule has 92 valence electrons. The lowest BCUT2D eigenvalue weighted by atomic mass is 9.89. The smallest absolute Gasteiger partial charge is 0.306 e. The minimum atomic E-state index is -0.692. The summed E-state index contributed by atoms with van der Waals surface area (Å²) in [5.74, 6) is -0.936. The Hall–Kier alpha value is -1.31. The molecule has 1 aromatic rings. The minimum absolute atomic E-state index is 0.244. The highest BCUT2D eigenvalue weighted by Crippen LogP contribution is 2.23. The maximum atomic E-state index is 10.8. The highest BCUT2D eigenvalue weighted by molar-refractivity contribution is 5.69. The van der Waals surface area contributed by atoms with E-state index in [0.717, 1.165) is 12.8 Å². The van der Waals surface area contributed by atoms with Crippen LogP contribution in [0.25, 0.3) is 0 Å². The number of benzene rings is 1. The molecule has 0 heterocycles. The Morgan fingerprint density at radius 2 is 2.00 bits per heavy atom.